The molecular weight excluding hydrogens is 284 g/mol. The van der Waals surface area contributed by atoms with Crippen LogP contribution in [0, 0.1) is 13.8 Å². The van der Waals surface area contributed by atoms with Crippen molar-refractivity contribution in [3.05, 3.63) is 17.0 Å². The zero-order valence-electron chi connectivity index (χ0n) is 17.1. The fraction of sp³-hybridized carbons (Fsp3) is 0.842. The van der Waals surface area contributed by atoms with Crippen LogP contribution in [0.1, 0.15) is 71.3 Å². The highest BCUT2D eigenvalue weighted by Crippen LogP contribution is 2.10. The van der Waals surface area contributed by atoms with Gasteiger partial charge in [-0.05, 0) is 38.8 Å². The Bertz CT molecular complexity index is 319. The smallest absolute Gasteiger partial charge is 0.0625 e. The van der Waals surface area contributed by atoms with Gasteiger partial charge in [0.1, 0.15) is 0 Å². The normalized spacial score (nSPS) is 13.7. The lowest BCUT2D eigenvalue weighted by Crippen LogP contribution is -2.43. The Labute approximate surface area is 145 Å². The van der Waals surface area contributed by atoms with Crippen LogP contribution >= 0.6 is 0 Å². The van der Waals surface area contributed by atoms with Gasteiger partial charge in [0.05, 0.1) is 5.69 Å². The Balaban J connectivity index is 0. The number of aromatic amines is 1. The number of hydrogen-bond acceptors (Lipinski definition) is 3. The van der Waals surface area contributed by atoms with E-state index in [1.165, 1.54) is 56.8 Å². The molecule has 0 bridgehead atoms. The fourth-order valence-electron chi connectivity index (χ4n) is 2.44. The van der Waals surface area contributed by atoms with E-state index in [2.05, 4.69) is 48.1 Å². The molecule has 2 heterocycles. The lowest BCUT2D eigenvalue weighted by Gasteiger charge is -2.26. The summed E-state index contributed by atoms with van der Waals surface area (Å²) >= 11 is 0. The summed E-state index contributed by atoms with van der Waals surface area (Å²) in [6.45, 7) is 22.7. The highest BCUT2D eigenvalue weighted by molar-refractivity contribution is 5.22. The lowest BCUT2D eigenvalue weighted by molar-refractivity contribution is 0.241. The molecule has 1 aliphatic heterocycles. The second-order valence-electron chi connectivity index (χ2n) is 5.25. The molecule has 0 atom stereocenters. The van der Waals surface area contributed by atoms with E-state index < -0.39 is 0 Å². The van der Waals surface area contributed by atoms with Crippen LogP contribution in [0.3, 0.4) is 0 Å². The quantitative estimate of drug-likeness (QED) is 0.865. The van der Waals surface area contributed by atoms with Gasteiger partial charge in [0.2, 0.25) is 0 Å². The van der Waals surface area contributed by atoms with Crippen LogP contribution in [0.25, 0.3) is 0 Å². The highest BCUT2D eigenvalue weighted by atomic mass is 15.2. The average Bonchev–Trinajstić information content (AvgIpc) is 2.93. The molecule has 1 aromatic rings. The molecule has 2 N–H and O–H groups in total. The molecule has 2 rings (SSSR count). The minimum absolute atomic E-state index is 1.15. The van der Waals surface area contributed by atoms with Crippen LogP contribution in [-0.4, -0.2) is 47.8 Å². The van der Waals surface area contributed by atoms with Crippen molar-refractivity contribution in [3.63, 3.8) is 0 Å². The summed E-state index contributed by atoms with van der Waals surface area (Å²) in [5, 5.41) is 10.4. The van der Waals surface area contributed by atoms with Gasteiger partial charge >= 0.3 is 0 Å². The molecule has 1 aliphatic rings. The van der Waals surface area contributed by atoms with E-state index in [1.54, 1.807) is 0 Å². The van der Waals surface area contributed by atoms with Gasteiger partial charge in [-0.2, -0.15) is 5.10 Å². The first kappa shape index (κ1) is 24.4. The van der Waals surface area contributed by atoms with Crippen molar-refractivity contribution in [1.82, 2.24) is 20.4 Å². The van der Waals surface area contributed by atoms with Crippen molar-refractivity contribution in [3.8, 4) is 0 Å². The zero-order chi connectivity index (χ0) is 18.1. The number of aryl methyl sites for hydroxylation is 2. The Morgan fingerprint density at radius 3 is 1.91 bits per heavy atom. The summed E-state index contributed by atoms with van der Waals surface area (Å²) in [5.74, 6) is 0. The topological polar surface area (TPSA) is 44.0 Å². The molecule has 23 heavy (non-hydrogen) atoms. The molecule has 0 saturated carbocycles. The van der Waals surface area contributed by atoms with E-state index in [0.717, 1.165) is 12.1 Å². The van der Waals surface area contributed by atoms with Crippen LogP contribution < -0.4 is 5.32 Å². The van der Waals surface area contributed by atoms with Crippen molar-refractivity contribution in [2.75, 3.05) is 32.7 Å². The summed E-state index contributed by atoms with van der Waals surface area (Å²) in [6, 6.07) is 0. The zero-order valence-corrected chi connectivity index (χ0v) is 17.1. The molecule has 0 aliphatic carbocycles. The maximum atomic E-state index is 4.11. The van der Waals surface area contributed by atoms with E-state index in [0.29, 0.717) is 0 Å². The monoisotopic (exact) mass is 326 g/mol. The number of piperazine rings is 1. The van der Waals surface area contributed by atoms with Gasteiger partial charge in [0.15, 0.2) is 0 Å². The van der Waals surface area contributed by atoms with E-state index in [-0.39, 0.29) is 0 Å². The number of H-pyrrole nitrogens is 1. The predicted octanol–water partition coefficient (Wildman–Crippen LogP) is 4.33. The molecule has 0 unspecified atom stereocenters. The highest BCUT2D eigenvalue weighted by Gasteiger charge is 2.06. The maximum absolute atomic E-state index is 4.11. The SMILES string of the molecule is CC.CC.CCCN1CCNCC1.CCCc1c(C)n[nH]c1C. The first-order valence-corrected chi connectivity index (χ1v) is 9.62. The minimum atomic E-state index is 1.15. The minimum Gasteiger partial charge on any atom is -0.314 e. The third-order valence-corrected chi connectivity index (χ3v) is 3.53. The Morgan fingerprint density at radius 1 is 0.957 bits per heavy atom. The molecule has 1 fully saturated rings. The van der Waals surface area contributed by atoms with Crippen LogP contribution in [0.2, 0.25) is 0 Å². The Kier molecular flexibility index (Phi) is 18.5. The van der Waals surface area contributed by atoms with Crippen LogP contribution in [0.5, 0.6) is 0 Å². The summed E-state index contributed by atoms with van der Waals surface area (Å²) in [5.41, 5.74) is 3.76. The van der Waals surface area contributed by atoms with E-state index in [1.807, 2.05) is 27.7 Å². The maximum Gasteiger partial charge on any atom is 0.0625 e. The van der Waals surface area contributed by atoms with Crippen molar-refractivity contribution in [2.24, 2.45) is 0 Å². The predicted molar refractivity (Wildman–Crippen MR) is 104 cm³/mol. The van der Waals surface area contributed by atoms with Crippen molar-refractivity contribution >= 4 is 0 Å². The van der Waals surface area contributed by atoms with E-state index in [9.17, 15) is 0 Å². The summed E-state index contributed by atoms with van der Waals surface area (Å²) < 4.78 is 0. The first-order chi connectivity index (χ1) is 11.2. The van der Waals surface area contributed by atoms with Gasteiger partial charge in [-0.3, -0.25) is 5.10 Å². The Hall–Kier alpha value is -0.870. The largest absolute Gasteiger partial charge is 0.314 e. The number of aromatic nitrogens is 2. The van der Waals surface area contributed by atoms with Gasteiger partial charge in [-0.1, -0.05) is 48.0 Å². The average molecular weight is 327 g/mol. The third kappa shape index (κ3) is 11.3. The molecule has 0 amide bonds. The van der Waals surface area contributed by atoms with Gasteiger partial charge in [-0.15, -0.1) is 0 Å². The molecule has 0 aromatic carbocycles. The van der Waals surface area contributed by atoms with Crippen molar-refractivity contribution < 1.29 is 0 Å². The van der Waals surface area contributed by atoms with Crippen LogP contribution in [0.4, 0.5) is 0 Å². The Morgan fingerprint density at radius 2 is 1.52 bits per heavy atom. The van der Waals surface area contributed by atoms with Crippen molar-refractivity contribution in [2.45, 2.75) is 74.7 Å². The van der Waals surface area contributed by atoms with Gasteiger partial charge in [0.25, 0.3) is 0 Å². The number of rotatable bonds is 4. The molecule has 1 aromatic heterocycles. The van der Waals surface area contributed by atoms with Crippen LogP contribution in [-0.2, 0) is 6.42 Å². The van der Waals surface area contributed by atoms with Gasteiger partial charge in [0, 0.05) is 31.9 Å². The summed E-state index contributed by atoms with van der Waals surface area (Å²) in [7, 11) is 0. The van der Waals surface area contributed by atoms with Crippen molar-refractivity contribution in [1.29, 1.82) is 0 Å². The first-order valence-electron chi connectivity index (χ1n) is 9.62. The summed E-state index contributed by atoms with van der Waals surface area (Å²) in [6.07, 6.45) is 3.63. The molecular formula is C19H42N4. The second-order valence-corrected chi connectivity index (χ2v) is 5.25. The standard InChI is InChI=1S/C8H14N2.C7H16N2.2C2H6/c1-4-5-8-6(2)9-10-7(8)3;1-2-5-9-6-3-8-4-7-9;2*1-2/h4-5H2,1-3H3,(H,9,10);8H,2-7H2,1H3;2*1-2H3. The molecule has 0 spiro atoms. The fourth-order valence-corrected chi connectivity index (χ4v) is 2.44. The third-order valence-electron chi connectivity index (χ3n) is 3.53. The van der Waals surface area contributed by atoms with E-state index in [4.69, 9.17) is 0 Å². The summed E-state index contributed by atoms with van der Waals surface area (Å²) in [4.78, 5) is 2.51. The lowest BCUT2D eigenvalue weighted by atomic mass is 10.1. The van der Waals surface area contributed by atoms with Gasteiger partial charge < -0.3 is 10.2 Å². The molecule has 4 nitrogen and oxygen atoms in total. The van der Waals surface area contributed by atoms with Crippen LogP contribution in [0.15, 0.2) is 0 Å². The molecule has 4 heteroatoms. The molecule has 138 valence electrons. The van der Waals surface area contributed by atoms with Gasteiger partial charge in [-0.25, -0.2) is 0 Å². The molecule has 1 saturated heterocycles. The molecule has 0 radical (unpaired) electrons. The van der Waals surface area contributed by atoms with E-state index >= 15 is 0 Å². The number of hydrogen-bond donors (Lipinski definition) is 2. The number of nitrogens with one attached hydrogen (secondary N) is 2. The second kappa shape index (κ2) is 17.5. The number of nitrogens with zero attached hydrogens (tertiary/aromatic N) is 2.